The maximum atomic E-state index is 12.5. The van der Waals surface area contributed by atoms with E-state index in [0.29, 0.717) is 31.9 Å². The van der Waals surface area contributed by atoms with Crippen LogP contribution >= 0.6 is 22.9 Å². The first-order valence-electron chi connectivity index (χ1n) is 9.09. The van der Waals surface area contributed by atoms with Gasteiger partial charge in [0.2, 0.25) is 4.96 Å². The molecular weight excluding hydrogens is 440 g/mol. The predicted molar refractivity (Wildman–Crippen MR) is 117 cm³/mol. The fourth-order valence-corrected chi connectivity index (χ4v) is 3.76. The van der Waals surface area contributed by atoms with Gasteiger partial charge in [0.05, 0.1) is 11.3 Å². The topological polar surface area (TPSA) is 103 Å². The highest BCUT2D eigenvalue weighted by Crippen LogP contribution is 2.16. The number of esters is 1. The average Bonchev–Trinajstić information content (AvgIpc) is 3.13. The van der Waals surface area contributed by atoms with Crippen LogP contribution in [-0.4, -0.2) is 26.5 Å². The molecule has 0 saturated carbocycles. The second-order valence-corrected chi connectivity index (χ2v) is 8.12. The molecule has 0 fully saturated rings. The van der Waals surface area contributed by atoms with Crippen LogP contribution < -0.4 is 10.9 Å². The Hall–Kier alpha value is -3.56. The average molecular weight is 455 g/mol. The SMILES string of the molecule is Cc1nn2c(=O)cc(COC(=O)c3cccc(NC(=O)c4cccc(Cl)c4)c3)nc2s1. The summed E-state index contributed by atoms with van der Waals surface area (Å²) in [5.41, 5.74) is 1.05. The van der Waals surface area contributed by atoms with Gasteiger partial charge in [-0.25, -0.2) is 9.78 Å². The van der Waals surface area contributed by atoms with Crippen molar-refractivity contribution in [2.75, 3.05) is 5.32 Å². The number of fused-ring (bicyclic) bond motifs is 1. The summed E-state index contributed by atoms with van der Waals surface area (Å²) in [5.74, 6) is -0.966. The molecule has 10 heteroatoms. The molecule has 156 valence electrons. The molecule has 0 aliphatic rings. The van der Waals surface area contributed by atoms with Crippen molar-refractivity contribution in [3.8, 4) is 0 Å². The van der Waals surface area contributed by atoms with Crippen LogP contribution in [0.3, 0.4) is 0 Å². The molecule has 0 saturated heterocycles. The lowest BCUT2D eigenvalue weighted by Gasteiger charge is -2.08. The van der Waals surface area contributed by atoms with Crippen LogP contribution in [0.2, 0.25) is 5.02 Å². The number of benzene rings is 2. The molecule has 8 nitrogen and oxygen atoms in total. The van der Waals surface area contributed by atoms with E-state index in [9.17, 15) is 14.4 Å². The highest BCUT2D eigenvalue weighted by atomic mass is 35.5. The maximum Gasteiger partial charge on any atom is 0.338 e. The molecule has 2 heterocycles. The monoisotopic (exact) mass is 454 g/mol. The number of aryl methyl sites for hydroxylation is 1. The van der Waals surface area contributed by atoms with Gasteiger partial charge in [0.1, 0.15) is 11.6 Å². The number of ether oxygens (including phenoxy) is 1. The number of hydrogen-bond acceptors (Lipinski definition) is 7. The summed E-state index contributed by atoms with van der Waals surface area (Å²) in [6.45, 7) is 1.61. The van der Waals surface area contributed by atoms with E-state index in [-0.39, 0.29) is 23.6 Å². The van der Waals surface area contributed by atoms with Crippen LogP contribution in [0.25, 0.3) is 4.96 Å². The Morgan fingerprint density at radius 3 is 2.71 bits per heavy atom. The number of carbonyl (C=O) groups is 2. The van der Waals surface area contributed by atoms with Gasteiger partial charge in [-0.05, 0) is 43.3 Å². The third-order valence-corrected chi connectivity index (χ3v) is 5.25. The molecular formula is C21H15ClN4O4S. The Morgan fingerprint density at radius 2 is 1.90 bits per heavy atom. The molecule has 0 aliphatic heterocycles. The second kappa shape index (κ2) is 8.66. The molecule has 31 heavy (non-hydrogen) atoms. The van der Waals surface area contributed by atoms with E-state index >= 15 is 0 Å². The van der Waals surface area contributed by atoms with E-state index in [1.165, 1.54) is 28.0 Å². The summed E-state index contributed by atoms with van der Waals surface area (Å²) in [4.78, 5) is 41.6. The largest absolute Gasteiger partial charge is 0.456 e. The fraction of sp³-hybridized carbons (Fsp3) is 0.0952. The molecule has 0 spiro atoms. The zero-order valence-electron chi connectivity index (χ0n) is 16.2. The molecule has 1 amide bonds. The van der Waals surface area contributed by atoms with Crippen LogP contribution in [-0.2, 0) is 11.3 Å². The van der Waals surface area contributed by atoms with Gasteiger partial charge in [-0.3, -0.25) is 9.59 Å². The molecule has 2 aromatic heterocycles. The molecule has 1 N–H and O–H groups in total. The van der Waals surface area contributed by atoms with Crippen LogP contribution in [0.4, 0.5) is 5.69 Å². The van der Waals surface area contributed by atoms with E-state index < -0.39 is 5.97 Å². The minimum Gasteiger partial charge on any atom is -0.456 e. The maximum absolute atomic E-state index is 12.5. The molecule has 0 aliphatic carbocycles. The summed E-state index contributed by atoms with van der Waals surface area (Å²) in [6.07, 6.45) is 0. The van der Waals surface area contributed by atoms with Crippen LogP contribution in [0, 0.1) is 6.92 Å². The van der Waals surface area contributed by atoms with Crippen LogP contribution in [0.1, 0.15) is 31.4 Å². The molecule has 0 atom stereocenters. The number of aromatic nitrogens is 3. The van der Waals surface area contributed by atoms with Gasteiger partial charge in [-0.1, -0.05) is 35.1 Å². The molecule has 0 unspecified atom stereocenters. The quantitative estimate of drug-likeness (QED) is 0.461. The van der Waals surface area contributed by atoms with Crippen LogP contribution in [0.15, 0.2) is 59.4 Å². The van der Waals surface area contributed by atoms with Crippen molar-refractivity contribution >= 4 is 45.5 Å². The number of anilines is 1. The third kappa shape index (κ3) is 4.79. The Bertz CT molecular complexity index is 1370. The zero-order valence-corrected chi connectivity index (χ0v) is 17.7. The first-order valence-corrected chi connectivity index (χ1v) is 10.3. The number of rotatable bonds is 5. The van der Waals surface area contributed by atoms with Gasteiger partial charge >= 0.3 is 5.97 Å². The fourth-order valence-electron chi connectivity index (χ4n) is 2.81. The van der Waals surface area contributed by atoms with E-state index in [0.717, 1.165) is 0 Å². The van der Waals surface area contributed by atoms with E-state index in [1.54, 1.807) is 49.4 Å². The lowest BCUT2D eigenvalue weighted by molar-refractivity contribution is 0.0467. The number of halogens is 1. The van der Waals surface area contributed by atoms with Gasteiger partial charge in [0.15, 0.2) is 0 Å². The van der Waals surface area contributed by atoms with Crippen molar-refractivity contribution in [2.45, 2.75) is 13.5 Å². The van der Waals surface area contributed by atoms with E-state index in [1.807, 2.05) is 0 Å². The Balaban J connectivity index is 1.44. The number of hydrogen-bond donors (Lipinski definition) is 1. The van der Waals surface area contributed by atoms with Crippen LogP contribution in [0.5, 0.6) is 0 Å². The van der Waals surface area contributed by atoms with E-state index in [4.69, 9.17) is 16.3 Å². The highest BCUT2D eigenvalue weighted by Gasteiger charge is 2.13. The smallest absolute Gasteiger partial charge is 0.338 e. The lowest BCUT2D eigenvalue weighted by Crippen LogP contribution is -2.16. The summed E-state index contributed by atoms with van der Waals surface area (Å²) in [5, 5.41) is 7.94. The molecule has 0 bridgehead atoms. The summed E-state index contributed by atoms with van der Waals surface area (Å²) in [7, 11) is 0. The van der Waals surface area contributed by atoms with Crippen molar-refractivity contribution in [1.82, 2.24) is 14.6 Å². The zero-order chi connectivity index (χ0) is 22.0. The summed E-state index contributed by atoms with van der Waals surface area (Å²) >= 11 is 7.19. The van der Waals surface area contributed by atoms with Gasteiger partial charge < -0.3 is 10.1 Å². The van der Waals surface area contributed by atoms with Crippen molar-refractivity contribution < 1.29 is 14.3 Å². The molecule has 4 rings (SSSR count). The number of carbonyl (C=O) groups excluding carboxylic acids is 2. The summed E-state index contributed by atoms with van der Waals surface area (Å²) in [6, 6.07) is 14.2. The second-order valence-electron chi connectivity index (χ2n) is 6.52. The number of amides is 1. The molecule has 0 radical (unpaired) electrons. The molecule has 2 aromatic carbocycles. The van der Waals surface area contributed by atoms with Gasteiger partial charge in [-0.2, -0.15) is 9.61 Å². The Labute approximate surface area is 185 Å². The molecule has 4 aromatic rings. The first kappa shape index (κ1) is 20.7. The number of nitrogens with zero attached hydrogens (tertiary/aromatic N) is 3. The minimum absolute atomic E-state index is 0.166. The van der Waals surface area contributed by atoms with Crippen molar-refractivity contribution in [3.63, 3.8) is 0 Å². The van der Waals surface area contributed by atoms with Crippen molar-refractivity contribution in [3.05, 3.63) is 91.8 Å². The van der Waals surface area contributed by atoms with E-state index in [2.05, 4.69) is 15.4 Å². The minimum atomic E-state index is -0.610. The van der Waals surface area contributed by atoms with Gasteiger partial charge in [-0.15, -0.1) is 0 Å². The Morgan fingerprint density at radius 1 is 1.13 bits per heavy atom. The van der Waals surface area contributed by atoms with Gasteiger partial charge in [0, 0.05) is 22.3 Å². The van der Waals surface area contributed by atoms with Crippen molar-refractivity contribution in [1.29, 1.82) is 0 Å². The Kier molecular flexibility index (Phi) is 5.79. The number of nitrogens with one attached hydrogen (secondary N) is 1. The normalized spacial score (nSPS) is 10.8. The van der Waals surface area contributed by atoms with Gasteiger partial charge in [0.25, 0.3) is 11.5 Å². The summed E-state index contributed by atoms with van der Waals surface area (Å²) < 4.78 is 6.50. The first-order chi connectivity index (χ1) is 14.9. The third-order valence-electron chi connectivity index (χ3n) is 4.19. The predicted octanol–water partition coefficient (Wildman–Crippen LogP) is 3.72. The standard InChI is InChI=1S/C21H15ClN4O4S/c1-12-25-26-18(27)10-17(24-21(26)31-12)11-30-20(29)14-5-3-7-16(9-14)23-19(28)13-4-2-6-15(22)8-13/h2-10H,11H2,1H3,(H,23,28). The lowest BCUT2D eigenvalue weighted by atomic mass is 10.1. The van der Waals surface area contributed by atoms with Crippen molar-refractivity contribution in [2.24, 2.45) is 0 Å². The highest BCUT2D eigenvalue weighted by molar-refractivity contribution is 7.16.